The van der Waals surface area contributed by atoms with Crippen LogP contribution < -0.4 is 5.32 Å². The number of rotatable bonds is 7. The number of unbranched alkanes of at least 4 members (excludes halogenated alkanes) is 1. The first-order valence-corrected chi connectivity index (χ1v) is 8.86. The number of aryl methyl sites for hydroxylation is 1. The quantitative estimate of drug-likeness (QED) is 0.764. The Hall–Kier alpha value is -1.11. The number of benzene rings is 1. The zero-order chi connectivity index (χ0) is 15.1. The smallest absolute Gasteiger partial charge is 0.236 e. The van der Waals surface area contributed by atoms with Crippen LogP contribution in [0.1, 0.15) is 24.8 Å². The maximum atomic E-state index is 11.9. The number of aromatic nitrogens is 2. The van der Waals surface area contributed by atoms with E-state index >= 15 is 0 Å². The molecule has 0 spiro atoms. The molecule has 1 N–H and O–H groups in total. The summed E-state index contributed by atoms with van der Waals surface area (Å²) in [6, 6.07) is 7.48. The molecule has 7 heteroatoms. The Bertz CT molecular complexity index is 603. The van der Waals surface area contributed by atoms with Crippen LogP contribution in [0.25, 0.3) is 0 Å². The fourth-order valence-corrected chi connectivity index (χ4v) is 3.43. The van der Waals surface area contributed by atoms with Crippen molar-refractivity contribution in [2.45, 2.75) is 31.1 Å². The molecule has 0 atom stereocenters. The summed E-state index contributed by atoms with van der Waals surface area (Å²) in [5.41, 5.74) is 0. The lowest BCUT2D eigenvalue weighted by Gasteiger charge is -2.03. The Labute approximate surface area is 137 Å². The summed E-state index contributed by atoms with van der Waals surface area (Å²) >= 11 is 8.89. The minimum Gasteiger partial charge on any atom is -0.300 e. The maximum absolute atomic E-state index is 11.9. The first-order chi connectivity index (χ1) is 10.2. The number of halogens is 1. The van der Waals surface area contributed by atoms with E-state index < -0.39 is 0 Å². The van der Waals surface area contributed by atoms with Crippen LogP contribution in [0.5, 0.6) is 0 Å². The van der Waals surface area contributed by atoms with Crippen LogP contribution in [-0.4, -0.2) is 21.9 Å². The minimum absolute atomic E-state index is 0.0990. The van der Waals surface area contributed by atoms with Crippen LogP contribution in [0.4, 0.5) is 5.13 Å². The highest BCUT2D eigenvalue weighted by Gasteiger charge is 2.09. The van der Waals surface area contributed by atoms with Gasteiger partial charge in [0.2, 0.25) is 11.0 Å². The molecule has 0 saturated heterocycles. The number of anilines is 1. The van der Waals surface area contributed by atoms with Crippen LogP contribution in [-0.2, 0) is 11.2 Å². The van der Waals surface area contributed by atoms with E-state index in [4.69, 9.17) is 11.6 Å². The van der Waals surface area contributed by atoms with E-state index in [-0.39, 0.29) is 5.91 Å². The number of amides is 1. The highest BCUT2D eigenvalue weighted by atomic mass is 35.5. The average Bonchev–Trinajstić information content (AvgIpc) is 2.91. The third-order valence-corrected chi connectivity index (χ3v) is 5.07. The van der Waals surface area contributed by atoms with Crippen molar-refractivity contribution < 1.29 is 4.79 Å². The standard InChI is InChI=1S/C14H16ClN3OS2/c1-2-3-8-13-17-18-14(21-13)16-12(19)9-20-11-7-5-4-6-10(11)15/h4-7H,2-3,8-9H2,1H3,(H,16,18,19). The predicted octanol–water partition coefficient (Wildman–Crippen LogP) is 4.26. The zero-order valence-corrected chi connectivity index (χ0v) is 14.0. The molecule has 0 bridgehead atoms. The van der Waals surface area contributed by atoms with Crippen LogP contribution in [0.15, 0.2) is 29.2 Å². The maximum Gasteiger partial charge on any atom is 0.236 e. The molecule has 1 heterocycles. The van der Waals surface area contributed by atoms with E-state index in [1.807, 2.05) is 24.3 Å². The highest BCUT2D eigenvalue weighted by molar-refractivity contribution is 8.00. The van der Waals surface area contributed by atoms with Crippen LogP contribution >= 0.6 is 34.7 Å². The van der Waals surface area contributed by atoms with Gasteiger partial charge in [-0.25, -0.2) is 0 Å². The fourth-order valence-electron chi connectivity index (χ4n) is 1.59. The van der Waals surface area contributed by atoms with Crippen molar-refractivity contribution in [2.24, 2.45) is 0 Å². The van der Waals surface area contributed by atoms with Gasteiger partial charge in [-0.3, -0.25) is 10.1 Å². The molecule has 0 radical (unpaired) electrons. The van der Waals surface area contributed by atoms with E-state index in [1.165, 1.54) is 23.1 Å². The summed E-state index contributed by atoms with van der Waals surface area (Å²) in [5, 5.41) is 13.0. The summed E-state index contributed by atoms with van der Waals surface area (Å²) < 4.78 is 0. The van der Waals surface area contributed by atoms with Gasteiger partial charge >= 0.3 is 0 Å². The second kappa shape index (κ2) is 8.36. The van der Waals surface area contributed by atoms with Gasteiger partial charge in [-0.05, 0) is 18.6 Å². The summed E-state index contributed by atoms with van der Waals surface area (Å²) in [4.78, 5) is 12.8. The highest BCUT2D eigenvalue weighted by Crippen LogP contribution is 2.26. The van der Waals surface area contributed by atoms with Crippen LogP contribution in [0.2, 0.25) is 5.02 Å². The molecule has 0 aliphatic rings. The summed E-state index contributed by atoms with van der Waals surface area (Å²) in [7, 11) is 0. The number of carbonyl (C=O) groups excluding carboxylic acids is 1. The Morgan fingerprint density at radius 3 is 2.95 bits per heavy atom. The third-order valence-electron chi connectivity index (χ3n) is 2.65. The predicted molar refractivity (Wildman–Crippen MR) is 89.3 cm³/mol. The number of nitrogens with one attached hydrogen (secondary N) is 1. The molecule has 0 aliphatic heterocycles. The van der Waals surface area contributed by atoms with Gasteiger partial charge in [-0.15, -0.1) is 22.0 Å². The second-order valence-corrected chi connectivity index (χ2v) is 6.86. The molecule has 0 unspecified atom stereocenters. The van der Waals surface area contributed by atoms with E-state index in [0.717, 1.165) is 29.2 Å². The van der Waals surface area contributed by atoms with Crippen molar-refractivity contribution in [1.29, 1.82) is 0 Å². The van der Waals surface area contributed by atoms with E-state index in [1.54, 1.807) is 0 Å². The zero-order valence-electron chi connectivity index (χ0n) is 11.6. The van der Waals surface area contributed by atoms with Gasteiger partial charge in [-0.1, -0.05) is 48.4 Å². The molecule has 112 valence electrons. The van der Waals surface area contributed by atoms with Gasteiger partial charge in [-0.2, -0.15) is 0 Å². The Morgan fingerprint density at radius 2 is 2.19 bits per heavy atom. The molecule has 21 heavy (non-hydrogen) atoms. The largest absolute Gasteiger partial charge is 0.300 e. The van der Waals surface area contributed by atoms with Crippen molar-refractivity contribution in [1.82, 2.24) is 10.2 Å². The molecule has 0 fully saturated rings. The van der Waals surface area contributed by atoms with Gasteiger partial charge in [0.15, 0.2) is 0 Å². The number of hydrogen-bond acceptors (Lipinski definition) is 5. The molecule has 4 nitrogen and oxygen atoms in total. The first kappa shape index (κ1) is 16.3. The van der Waals surface area contributed by atoms with E-state index in [0.29, 0.717) is 15.9 Å². The summed E-state index contributed by atoms with van der Waals surface area (Å²) in [6.45, 7) is 2.13. The molecule has 0 aliphatic carbocycles. The van der Waals surface area contributed by atoms with E-state index in [2.05, 4.69) is 22.4 Å². The van der Waals surface area contributed by atoms with Gasteiger partial charge in [0.25, 0.3) is 0 Å². The lowest BCUT2D eigenvalue weighted by atomic mass is 10.3. The van der Waals surface area contributed by atoms with Gasteiger partial charge < -0.3 is 0 Å². The normalized spacial score (nSPS) is 10.6. The number of thioether (sulfide) groups is 1. The number of nitrogens with zero attached hydrogens (tertiary/aromatic N) is 2. The average molecular weight is 342 g/mol. The van der Waals surface area contributed by atoms with Gasteiger partial charge in [0.05, 0.1) is 10.8 Å². The molecular formula is C14H16ClN3OS2. The lowest BCUT2D eigenvalue weighted by molar-refractivity contribution is -0.113. The molecule has 1 aromatic carbocycles. The van der Waals surface area contributed by atoms with Crippen molar-refractivity contribution in [3.63, 3.8) is 0 Å². The second-order valence-electron chi connectivity index (χ2n) is 4.37. The number of carbonyl (C=O) groups is 1. The molecule has 2 aromatic rings. The minimum atomic E-state index is -0.0990. The lowest BCUT2D eigenvalue weighted by Crippen LogP contribution is -2.13. The molecular weight excluding hydrogens is 326 g/mol. The third kappa shape index (κ3) is 5.30. The monoisotopic (exact) mass is 341 g/mol. The SMILES string of the molecule is CCCCc1nnc(NC(=O)CSc2ccccc2Cl)s1. The molecule has 1 amide bonds. The number of hydrogen-bond donors (Lipinski definition) is 1. The topological polar surface area (TPSA) is 54.9 Å². The van der Waals surface area contributed by atoms with Gasteiger partial charge in [0, 0.05) is 11.3 Å². The summed E-state index contributed by atoms with van der Waals surface area (Å²) in [5.74, 6) is 0.200. The van der Waals surface area contributed by atoms with Crippen LogP contribution in [0.3, 0.4) is 0 Å². The van der Waals surface area contributed by atoms with E-state index in [9.17, 15) is 4.79 Å². The first-order valence-electron chi connectivity index (χ1n) is 6.68. The summed E-state index contributed by atoms with van der Waals surface area (Å²) in [6.07, 6.45) is 3.12. The molecule has 1 aromatic heterocycles. The van der Waals surface area contributed by atoms with Crippen molar-refractivity contribution >= 4 is 45.7 Å². The Morgan fingerprint density at radius 1 is 1.38 bits per heavy atom. The van der Waals surface area contributed by atoms with Crippen LogP contribution in [0, 0.1) is 0 Å². The Balaban J connectivity index is 1.82. The Kier molecular flexibility index (Phi) is 6.48. The van der Waals surface area contributed by atoms with Crippen molar-refractivity contribution in [2.75, 3.05) is 11.1 Å². The van der Waals surface area contributed by atoms with Crippen molar-refractivity contribution in [3.8, 4) is 0 Å². The molecule has 2 rings (SSSR count). The van der Waals surface area contributed by atoms with Gasteiger partial charge in [0.1, 0.15) is 5.01 Å². The fraction of sp³-hybridized carbons (Fsp3) is 0.357. The molecule has 0 saturated carbocycles. The van der Waals surface area contributed by atoms with Crippen molar-refractivity contribution in [3.05, 3.63) is 34.3 Å².